The molecule has 1 amide bonds. The molecule has 1 fully saturated rings. The summed E-state index contributed by atoms with van der Waals surface area (Å²) in [6, 6.07) is 9.72. The van der Waals surface area contributed by atoms with Crippen LogP contribution in [0.3, 0.4) is 0 Å². The van der Waals surface area contributed by atoms with Gasteiger partial charge in [0.1, 0.15) is 5.69 Å². The molecule has 0 spiro atoms. The second-order valence-corrected chi connectivity index (χ2v) is 5.67. The number of carbonyl (C=O) groups is 1. The van der Waals surface area contributed by atoms with Crippen LogP contribution in [0.1, 0.15) is 29.0 Å². The summed E-state index contributed by atoms with van der Waals surface area (Å²) in [5.74, 6) is -0.0365. The van der Waals surface area contributed by atoms with E-state index in [0.29, 0.717) is 18.3 Å². The van der Waals surface area contributed by atoms with Crippen LogP contribution < -0.4 is 0 Å². The van der Waals surface area contributed by atoms with E-state index in [9.17, 15) is 4.79 Å². The van der Waals surface area contributed by atoms with Crippen LogP contribution in [0.2, 0.25) is 0 Å². The average molecular weight is 332 g/mol. The number of hydrogen-bond donors (Lipinski definition) is 0. The van der Waals surface area contributed by atoms with E-state index >= 15 is 0 Å². The van der Waals surface area contributed by atoms with Crippen LogP contribution in [-0.4, -0.2) is 26.8 Å². The standard InChI is InChI=1S/C15H14BrN3O/c16-13-5-3-9-18-14(13)15(20)19(12-6-7-12)10-11-4-1-2-8-17-11/h1-5,8-9,12H,6-7,10H2. The molecule has 0 bridgehead atoms. The molecule has 5 heteroatoms. The van der Waals surface area contributed by atoms with Crippen molar-refractivity contribution in [1.82, 2.24) is 14.9 Å². The number of pyridine rings is 2. The number of nitrogens with zero attached hydrogens (tertiary/aromatic N) is 3. The van der Waals surface area contributed by atoms with E-state index in [0.717, 1.165) is 23.0 Å². The Labute approximate surface area is 126 Å². The Bertz CT molecular complexity index is 614. The molecule has 2 aromatic heterocycles. The molecule has 3 rings (SSSR count). The van der Waals surface area contributed by atoms with Crippen molar-refractivity contribution in [1.29, 1.82) is 0 Å². The summed E-state index contributed by atoms with van der Waals surface area (Å²) in [7, 11) is 0. The Morgan fingerprint density at radius 2 is 2.00 bits per heavy atom. The minimum absolute atomic E-state index is 0.0365. The molecule has 2 aromatic rings. The van der Waals surface area contributed by atoms with Crippen LogP contribution >= 0.6 is 15.9 Å². The molecule has 4 nitrogen and oxygen atoms in total. The molecule has 0 N–H and O–H groups in total. The van der Waals surface area contributed by atoms with Gasteiger partial charge in [-0.1, -0.05) is 6.07 Å². The number of rotatable bonds is 4. The number of aromatic nitrogens is 2. The Balaban J connectivity index is 1.84. The lowest BCUT2D eigenvalue weighted by Crippen LogP contribution is -2.33. The largest absolute Gasteiger partial charge is 0.328 e. The normalized spacial score (nSPS) is 14.1. The first-order valence-electron chi connectivity index (χ1n) is 6.57. The average Bonchev–Trinajstić information content (AvgIpc) is 3.30. The summed E-state index contributed by atoms with van der Waals surface area (Å²) in [4.78, 5) is 23.0. The minimum atomic E-state index is -0.0365. The Morgan fingerprint density at radius 3 is 2.65 bits per heavy atom. The van der Waals surface area contributed by atoms with Crippen molar-refractivity contribution < 1.29 is 4.79 Å². The molecular formula is C15H14BrN3O. The van der Waals surface area contributed by atoms with E-state index in [1.54, 1.807) is 18.5 Å². The van der Waals surface area contributed by atoms with Gasteiger partial charge in [0.2, 0.25) is 0 Å². The lowest BCUT2D eigenvalue weighted by Gasteiger charge is -2.22. The van der Waals surface area contributed by atoms with E-state index < -0.39 is 0 Å². The summed E-state index contributed by atoms with van der Waals surface area (Å²) >= 11 is 3.39. The van der Waals surface area contributed by atoms with Gasteiger partial charge < -0.3 is 4.90 Å². The van der Waals surface area contributed by atoms with Gasteiger partial charge >= 0.3 is 0 Å². The molecule has 1 aliphatic carbocycles. The van der Waals surface area contributed by atoms with Crippen molar-refractivity contribution in [2.45, 2.75) is 25.4 Å². The van der Waals surface area contributed by atoms with Crippen molar-refractivity contribution >= 4 is 21.8 Å². The quantitative estimate of drug-likeness (QED) is 0.865. The SMILES string of the molecule is O=C(c1ncccc1Br)N(Cc1ccccn1)C1CC1. The van der Waals surface area contributed by atoms with E-state index in [2.05, 4.69) is 25.9 Å². The molecule has 102 valence electrons. The van der Waals surface area contributed by atoms with Crippen molar-refractivity contribution in [2.75, 3.05) is 0 Å². The second-order valence-electron chi connectivity index (χ2n) is 4.82. The minimum Gasteiger partial charge on any atom is -0.328 e. The van der Waals surface area contributed by atoms with Gasteiger partial charge in [-0.25, -0.2) is 4.98 Å². The molecule has 1 saturated carbocycles. The first kappa shape index (κ1) is 13.2. The number of hydrogen-bond acceptors (Lipinski definition) is 3. The monoisotopic (exact) mass is 331 g/mol. The van der Waals surface area contributed by atoms with Crippen LogP contribution in [0.5, 0.6) is 0 Å². The fraction of sp³-hybridized carbons (Fsp3) is 0.267. The van der Waals surface area contributed by atoms with Gasteiger partial charge in [-0.05, 0) is 53.0 Å². The van der Waals surface area contributed by atoms with Crippen LogP contribution in [0.15, 0.2) is 47.2 Å². The maximum Gasteiger partial charge on any atom is 0.274 e. The molecule has 0 aliphatic heterocycles. The zero-order valence-corrected chi connectivity index (χ0v) is 12.5. The number of amides is 1. The zero-order valence-electron chi connectivity index (χ0n) is 10.9. The first-order valence-corrected chi connectivity index (χ1v) is 7.36. The first-order chi connectivity index (χ1) is 9.75. The molecule has 0 aromatic carbocycles. The maximum absolute atomic E-state index is 12.7. The predicted molar refractivity (Wildman–Crippen MR) is 79.1 cm³/mol. The van der Waals surface area contributed by atoms with Crippen LogP contribution in [0, 0.1) is 0 Å². The Morgan fingerprint density at radius 1 is 1.20 bits per heavy atom. The van der Waals surface area contributed by atoms with Crippen molar-refractivity contribution in [2.24, 2.45) is 0 Å². The summed E-state index contributed by atoms with van der Waals surface area (Å²) in [5, 5.41) is 0. The Hall–Kier alpha value is -1.75. The highest BCUT2D eigenvalue weighted by Gasteiger charge is 2.34. The molecule has 0 atom stereocenters. The van der Waals surface area contributed by atoms with Crippen LogP contribution in [0.4, 0.5) is 0 Å². The van der Waals surface area contributed by atoms with E-state index in [1.807, 2.05) is 29.2 Å². The topological polar surface area (TPSA) is 46.1 Å². The maximum atomic E-state index is 12.7. The smallest absolute Gasteiger partial charge is 0.274 e. The predicted octanol–water partition coefficient (Wildman–Crippen LogP) is 3.04. The van der Waals surface area contributed by atoms with Gasteiger partial charge in [0.25, 0.3) is 5.91 Å². The van der Waals surface area contributed by atoms with Crippen molar-refractivity contribution in [3.8, 4) is 0 Å². The summed E-state index contributed by atoms with van der Waals surface area (Å²) in [6.07, 6.45) is 5.51. The van der Waals surface area contributed by atoms with E-state index in [-0.39, 0.29) is 5.91 Å². The summed E-state index contributed by atoms with van der Waals surface area (Å²) in [5.41, 5.74) is 1.37. The van der Waals surface area contributed by atoms with Crippen LogP contribution in [-0.2, 0) is 6.54 Å². The van der Waals surface area contributed by atoms with Gasteiger partial charge in [-0.3, -0.25) is 9.78 Å². The third-order valence-corrected chi connectivity index (χ3v) is 3.91. The highest BCUT2D eigenvalue weighted by Crippen LogP contribution is 2.30. The third-order valence-electron chi connectivity index (χ3n) is 3.27. The molecule has 20 heavy (non-hydrogen) atoms. The molecule has 1 aliphatic rings. The molecule has 2 heterocycles. The van der Waals surface area contributed by atoms with E-state index in [4.69, 9.17) is 0 Å². The fourth-order valence-electron chi connectivity index (χ4n) is 2.10. The second kappa shape index (κ2) is 5.71. The number of carbonyl (C=O) groups excluding carboxylic acids is 1. The third kappa shape index (κ3) is 2.88. The van der Waals surface area contributed by atoms with Crippen molar-refractivity contribution in [3.63, 3.8) is 0 Å². The van der Waals surface area contributed by atoms with Gasteiger partial charge in [0.05, 0.1) is 12.2 Å². The van der Waals surface area contributed by atoms with Crippen LogP contribution in [0.25, 0.3) is 0 Å². The molecule has 0 radical (unpaired) electrons. The van der Waals surface area contributed by atoms with Gasteiger partial charge in [0.15, 0.2) is 0 Å². The molecule has 0 saturated heterocycles. The fourth-order valence-corrected chi connectivity index (χ4v) is 2.52. The lowest BCUT2D eigenvalue weighted by molar-refractivity contribution is 0.0720. The van der Waals surface area contributed by atoms with Gasteiger partial charge in [-0.2, -0.15) is 0 Å². The summed E-state index contributed by atoms with van der Waals surface area (Å²) in [6.45, 7) is 0.535. The number of halogens is 1. The Kier molecular flexibility index (Phi) is 3.78. The van der Waals surface area contributed by atoms with Gasteiger partial charge in [0, 0.05) is 22.9 Å². The molecule has 0 unspecified atom stereocenters. The molecular weight excluding hydrogens is 318 g/mol. The van der Waals surface area contributed by atoms with E-state index in [1.165, 1.54) is 0 Å². The summed E-state index contributed by atoms with van der Waals surface area (Å²) < 4.78 is 0.733. The zero-order chi connectivity index (χ0) is 13.9. The lowest BCUT2D eigenvalue weighted by atomic mass is 10.2. The highest BCUT2D eigenvalue weighted by atomic mass is 79.9. The van der Waals surface area contributed by atoms with Gasteiger partial charge in [-0.15, -0.1) is 0 Å². The highest BCUT2D eigenvalue weighted by molar-refractivity contribution is 9.10. The van der Waals surface area contributed by atoms with Crippen molar-refractivity contribution in [3.05, 3.63) is 58.6 Å².